The SMILES string of the molecule is CC(C)CN(Cc1ccc2c(c1)OCCCO2)C(=O)C1CCCN(Cc2cccnc2)C1. The minimum Gasteiger partial charge on any atom is -0.490 e. The van der Waals surface area contributed by atoms with E-state index in [2.05, 4.69) is 35.9 Å². The first-order valence-electron chi connectivity index (χ1n) is 11.9. The number of carbonyl (C=O) groups excluding carboxylic acids is 1. The summed E-state index contributed by atoms with van der Waals surface area (Å²) in [5, 5.41) is 0. The number of pyridine rings is 1. The Morgan fingerprint density at radius 3 is 2.78 bits per heavy atom. The van der Waals surface area contributed by atoms with Crippen molar-refractivity contribution in [3.05, 3.63) is 53.9 Å². The average Bonchev–Trinajstić information content (AvgIpc) is 3.04. The number of amides is 1. The van der Waals surface area contributed by atoms with E-state index in [9.17, 15) is 4.79 Å². The molecule has 172 valence electrons. The van der Waals surface area contributed by atoms with Crippen LogP contribution in [-0.4, -0.2) is 53.5 Å². The molecular formula is C26H35N3O3. The van der Waals surface area contributed by atoms with E-state index in [1.165, 1.54) is 5.56 Å². The largest absolute Gasteiger partial charge is 0.490 e. The molecule has 1 unspecified atom stereocenters. The number of hydrogen-bond acceptors (Lipinski definition) is 5. The zero-order valence-corrected chi connectivity index (χ0v) is 19.3. The van der Waals surface area contributed by atoms with Gasteiger partial charge in [-0.3, -0.25) is 14.7 Å². The molecule has 0 aliphatic carbocycles. The van der Waals surface area contributed by atoms with Crippen molar-refractivity contribution in [1.82, 2.24) is 14.8 Å². The third-order valence-electron chi connectivity index (χ3n) is 6.07. The molecule has 2 aliphatic rings. The Hall–Kier alpha value is -2.60. The highest BCUT2D eigenvalue weighted by Crippen LogP contribution is 2.31. The maximum Gasteiger partial charge on any atom is 0.227 e. The predicted molar refractivity (Wildman–Crippen MR) is 125 cm³/mol. The number of ether oxygens (including phenoxy) is 2. The maximum atomic E-state index is 13.6. The lowest BCUT2D eigenvalue weighted by atomic mass is 9.95. The van der Waals surface area contributed by atoms with Gasteiger partial charge in [0.2, 0.25) is 5.91 Å². The molecule has 0 saturated carbocycles. The van der Waals surface area contributed by atoms with E-state index in [4.69, 9.17) is 9.47 Å². The van der Waals surface area contributed by atoms with Gasteiger partial charge in [-0.2, -0.15) is 0 Å². The van der Waals surface area contributed by atoms with Crippen LogP contribution < -0.4 is 9.47 Å². The van der Waals surface area contributed by atoms with Crippen LogP contribution in [0.3, 0.4) is 0 Å². The first-order chi connectivity index (χ1) is 15.6. The Balaban J connectivity index is 1.44. The Bertz CT molecular complexity index is 887. The molecule has 0 radical (unpaired) electrons. The maximum absolute atomic E-state index is 13.6. The van der Waals surface area contributed by atoms with Crippen LogP contribution in [0.2, 0.25) is 0 Å². The van der Waals surface area contributed by atoms with E-state index in [1.807, 2.05) is 29.3 Å². The van der Waals surface area contributed by atoms with Crippen molar-refractivity contribution in [3.8, 4) is 11.5 Å². The molecule has 1 fully saturated rings. The smallest absolute Gasteiger partial charge is 0.227 e. The summed E-state index contributed by atoms with van der Waals surface area (Å²) >= 11 is 0. The second kappa shape index (κ2) is 10.8. The van der Waals surface area contributed by atoms with Crippen molar-refractivity contribution in [2.24, 2.45) is 11.8 Å². The molecule has 1 amide bonds. The summed E-state index contributed by atoms with van der Waals surface area (Å²) in [5.74, 6) is 2.30. The molecule has 1 saturated heterocycles. The number of piperidine rings is 1. The van der Waals surface area contributed by atoms with Gasteiger partial charge >= 0.3 is 0 Å². The molecule has 1 aromatic heterocycles. The summed E-state index contributed by atoms with van der Waals surface area (Å²) in [6.07, 6.45) is 6.61. The van der Waals surface area contributed by atoms with Gasteiger partial charge in [-0.1, -0.05) is 26.0 Å². The number of benzene rings is 1. The van der Waals surface area contributed by atoms with Crippen LogP contribution in [-0.2, 0) is 17.9 Å². The van der Waals surface area contributed by atoms with E-state index in [0.717, 1.165) is 62.5 Å². The number of hydrogen-bond donors (Lipinski definition) is 0. The van der Waals surface area contributed by atoms with Gasteiger partial charge in [-0.15, -0.1) is 0 Å². The molecule has 0 spiro atoms. The highest BCUT2D eigenvalue weighted by Gasteiger charge is 2.30. The molecule has 0 N–H and O–H groups in total. The minimum atomic E-state index is 0.0413. The van der Waals surface area contributed by atoms with Crippen molar-refractivity contribution in [2.45, 2.75) is 46.2 Å². The second-order valence-corrected chi connectivity index (χ2v) is 9.38. The summed E-state index contributed by atoms with van der Waals surface area (Å²) < 4.78 is 11.6. The molecule has 1 aromatic carbocycles. The van der Waals surface area contributed by atoms with Gasteiger partial charge in [0.1, 0.15) is 0 Å². The third-order valence-corrected chi connectivity index (χ3v) is 6.07. The van der Waals surface area contributed by atoms with Crippen molar-refractivity contribution in [3.63, 3.8) is 0 Å². The van der Waals surface area contributed by atoms with E-state index >= 15 is 0 Å². The van der Waals surface area contributed by atoms with Crippen LogP contribution in [0, 0.1) is 11.8 Å². The van der Waals surface area contributed by atoms with Gasteiger partial charge < -0.3 is 14.4 Å². The molecule has 4 rings (SSSR count). The summed E-state index contributed by atoms with van der Waals surface area (Å²) in [5.41, 5.74) is 2.29. The van der Waals surface area contributed by atoms with E-state index in [0.29, 0.717) is 25.7 Å². The molecular weight excluding hydrogens is 402 g/mol. The van der Waals surface area contributed by atoms with E-state index in [1.54, 1.807) is 6.20 Å². The van der Waals surface area contributed by atoms with Gasteiger partial charge in [0, 0.05) is 45.0 Å². The Morgan fingerprint density at radius 1 is 1.16 bits per heavy atom. The van der Waals surface area contributed by atoms with Crippen molar-refractivity contribution >= 4 is 5.91 Å². The quantitative estimate of drug-likeness (QED) is 0.652. The van der Waals surface area contributed by atoms with Crippen molar-refractivity contribution < 1.29 is 14.3 Å². The Labute approximate surface area is 191 Å². The molecule has 3 heterocycles. The van der Waals surface area contributed by atoms with Crippen LogP contribution in [0.4, 0.5) is 0 Å². The number of aromatic nitrogens is 1. The topological polar surface area (TPSA) is 54.9 Å². The third kappa shape index (κ3) is 6.00. The fourth-order valence-electron chi connectivity index (χ4n) is 4.61. The van der Waals surface area contributed by atoms with Gasteiger partial charge in [-0.25, -0.2) is 0 Å². The highest BCUT2D eigenvalue weighted by molar-refractivity contribution is 5.79. The van der Waals surface area contributed by atoms with Crippen LogP contribution in [0.25, 0.3) is 0 Å². The zero-order valence-electron chi connectivity index (χ0n) is 19.3. The number of fused-ring (bicyclic) bond motifs is 1. The van der Waals surface area contributed by atoms with Crippen LogP contribution in [0.5, 0.6) is 11.5 Å². The zero-order chi connectivity index (χ0) is 22.3. The van der Waals surface area contributed by atoms with Gasteiger partial charge in [0.15, 0.2) is 11.5 Å². The van der Waals surface area contributed by atoms with Gasteiger partial charge in [-0.05, 0) is 54.6 Å². The minimum absolute atomic E-state index is 0.0413. The predicted octanol–water partition coefficient (Wildman–Crippen LogP) is 4.14. The van der Waals surface area contributed by atoms with Crippen LogP contribution >= 0.6 is 0 Å². The van der Waals surface area contributed by atoms with Gasteiger partial charge in [0.05, 0.1) is 19.1 Å². The summed E-state index contributed by atoms with van der Waals surface area (Å²) in [7, 11) is 0. The molecule has 6 heteroatoms. The normalized spacial score (nSPS) is 18.9. The summed E-state index contributed by atoms with van der Waals surface area (Å²) in [4.78, 5) is 22.3. The highest BCUT2D eigenvalue weighted by atomic mass is 16.5. The molecule has 1 atom stereocenters. The molecule has 0 bridgehead atoms. The van der Waals surface area contributed by atoms with Crippen molar-refractivity contribution in [2.75, 3.05) is 32.8 Å². The van der Waals surface area contributed by atoms with Crippen molar-refractivity contribution in [1.29, 1.82) is 0 Å². The summed E-state index contributed by atoms with van der Waals surface area (Å²) in [6, 6.07) is 10.2. The fraction of sp³-hybridized carbons (Fsp3) is 0.538. The first-order valence-corrected chi connectivity index (χ1v) is 11.9. The molecule has 6 nitrogen and oxygen atoms in total. The van der Waals surface area contributed by atoms with Gasteiger partial charge in [0.25, 0.3) is 0 Å². The average molecular weight is 438 g/mol. The lowest BCUT2D eigenvalue weighted by molar-refractivity contribution is -0.138. The fourth-order valence-corrected chi connectivity index (χ4v) is 4.61. The number of likely N-dealkylation sites (tertiary alicyclic amines) is 1. The number of nitrogens with zero attached hydrogens (tertiary/aromatic N) is 3. The Kier molecular flexibility index (Phi) is 7.63. The van der Waals surface area contributed by atoms with Crippen LogP contribution in [0.1, 0.15) is 44.2 Å². The van der Waals surface area contributed by atoms with E-state index in [-0.39, 0.29) is 11.8 Å². The molecule has 2 aliphatic heterocycles. The first kappa shape index (κ1) is 22.6. The summed E-state index contributed by atoms with van der Waals surface area (Å²) in [6.45, 7) is 9.74. The molecule has 32 heavy (non-hydrogen) atoms. The number of carbonyl (C=O) groups is 1. The molecule has 2 aromatic rings. The lowest BCUT2D eigenvalue weighted by Gasteiger charge is -2.35. The van der Waals surface area contributed by atoms with Crippen LogP contribution in [0.15, 0.2) is 42.7 Å². The lowest BCUT2D eigenvalue weighted by Crippen LogP contribution is -2.45. The number of rotatable bonds is 7. The monoisotopic (exact) mass is 437 g/mol. The standard InChI is InChI=1S/C26H35N3O3/c1-20(2)16-29(18-21-8-9-24-25(14-21)32-13-5-12-31-24)26(30)23-7-4-11-28(19-23)17-22-6-3-10-27-15-22/h3,6,8-10,14-15,20,23H,4-5,7,11-13,16-19H2,1-2H3. The Morgan fingerprint density at radius 2 is 2.00 bits per heavy atom. The second-order valence-electron chi connectivity index (χ2n) is 9.38. The van der Waals surface area contributed by atoms with E-state index < -0.39 is 0 Å².